The number of carbonyl (C=O) groups is 1. The molecular weight excluding hydrogens is 130 g/mol. The molecule has 0 aliphatic carbocycles. The second-order valence-electron chi connectivity index (χ2n) is 1.12. The molecule has 0 aromatic rings. The topological polar surface area (TPSA) is 110 Å². The molecule has 7 heteroatoms. The first-order valence-corrected chi connectivity index (χ1v) is 1.91. The van der Waals surface area contributed by atoms with Gasteiger partial charge in [-0.05, 0) is 5.01 Å². The number of nitro groups is 1. The maximum absolute atomic E-state index is 9.92. The molecule has 0 heterocycles. The Balaban J connectivity index is 3.99. The Morgan fingerprint density at radius 1 is 1.89 bits per heavy atom. The lowest BCUT2D eigenvalue weighted by atomic mass is 10.9. The molecule has 52 valence electrons. The molecule has 0 spiro atoms. The van der Waals surface area contributed by atoms with Gasteiger partial charge in [-0.1, -0.05) is 0 Å². The molecule has 9 heavy (non-hydrogen) atoms. The van der Waals surface area contributed by atoms with Gasteiger partial charge in [0.1, 0.15) is 0 Å². The zero-order valence-corrected chi connectivity index (χ0v) is 4.35. The van der Waals surface area contributed by atoms with Crippen LogP contribution in [-0.4, -0.2) is 27.9 Å². The average Bonchev–Trinajstić information content (AvgIpc) is 1.64. The number of hydrogen-bond acceptors (Lipinski definition) is 4. The Morgan fingerprint density at radius 2 is 2.33 bits per heavy atom. The van der Waals surface area contributed by atoms with Crippen molar-refractivity contribution in [3.8, 4) is 0 Å². The fourth-order valence-electron chi connectivity index (χ4n) is 0.202. The number of hydrogen-bond donors (Lipinski definition) is 2. The van der Waals surface area contributed by atoms with Crippen molar-refractivity contribution in [2.24, 2.45) is 5.73 Å². The molecule has 0 aromatic carbocycles. The number of amides is 2. The van der Waals surface area contributed by atoms with Crippen molar-refractivity contribution in [3.63, 3.8) is 0 Å². The van der Waals surface area contributed by atoms with E-state index in [1.54, 1.807) is 0 Å². The Hall–Kier alpha value is -1.37. The van der Waals surface area contributed by atoms with E-state index in [0.717, 1.165) is 0 Å². The molecule has 0 fully saturated rings. The second kappa shape index (κ2) is 2.82. The predicted molar refractivity (Wildman–Crippen MR) is 25.5 cm³/mol. The molecule has 0 saturated carbocycles. The minimum absolute atomic E-state index is 0.125. The van der Waals surface area contributed by atoms with Crippen LogP contribution in [0.3, 0.4) is 0 Å². The van der Waals surface area contributed by atoms with E-state index >= 15 is 0 Å². The fraction of sp³-hybridized carbons (Fsp3) is 0.500. The van der Waals surface area contributed by atoms with Crippen molar-refractivity contribution in [2.75, 3.05) is 6.73 Å². The number of nitrogens with zero attached hydrogens (tertiary/aromatic N) is 2. The van der Waals surface area contributed by atoms with Gasteiger partial charge in [-0.2, -0.15) is 0 Å². The minimum Gasteiger partial charge on any atom is -0.370 e. The van der Waals surface area contributed by atoms with Crippen LogP contribution in [-0.2, 0) is 0 Å². The number of primary amides is 1. The van der Waals surface area contributed by atoms with E-state index in [4.69, 9.17) is 5.11 Å². The van der Waals surface area contributed by atoms with Crippen molar-refractivity contribution in [2.45, 2.75) is 0 Å². The second-order valence-corrected chi connectivity index (χ2v) is 1.12. The lowest BCUT2D eigenvalue weighted by molar-refractivity contribution is -0.639. The minimum atomic E-state index is -1.29. The molecule has 0 unspecified atom stereocenters. The van der Waals surface area contributed by atoms with Crippen LogP contribution in [0.2, 0.25) is 0 Å². The normalized spacial score (nSPS) is 8.56. The standard InChI is InChI=1S/C2H5N3O4/c3-2(7)4(1-6)5(8)9/h6H,1H2,(H2,3,7). The predicted octanol–water partition coefficient (Wildman–Crippen LogP) is -1.49. The van der Waals surface area contributed by atoms with Gasteiger partial charge in [0.15, 0.2) is 11.8 Å². The van der Waals surface area contributed by atoms with Crippen molar-refractivity contribution in [1.29, 1.82) is 0 Å². The third kappa shape index (κ3) is 1.91. The lowest BCUT2D eigenvalue weighted by Crippen LogP contribution is -2.40. The summed E-state index contributed by atoms with van der Waals surface area (Å²) in [4.78, 5) is 19.6. The van der Waals surface area contributed by atoms with E-state index < -0.39 is 17.8 Å². The smallest absolute Gasteiger partial charge is 0.370 e. The highest BCUT2D eigenvalue weighted by atomic mass is 16.7. The number of carbonyl (C=O) groups excluding carboxylic acids is 1. The van der Waals surface area contributed by atoms with E-state index in [9.17, 15) is 14.9 Å². The van der Waals surface area contributed by atoms with Crippen molar-refractivity contribution < 1.29 is 14.9 Å². The first kappa shape index (κ1) is 7.63. The van der Waals surface area contributed by atoms with Gasteiger partial charge in [0.2, 0.25) is 0 Å². The molecule has 0 rings (SSSR count). The van der Waals surface area contributed by atoms with Crippen LogP contribution in [0.5, 0.6) is 0 Å². The Labute approximate surface area is 49.8 Å². The number of aliphatic hydroxyl groups is 1. The number of aliphatic hydroxyl groups excluding tert-OH is 1. The van der Waals surface area contributed by atoms with E-state index in [0.29, 0.717) is 0 Å². The first-order valence-electron chi connectivity index (χ1n) is 1.91. The number of hydrazine groups is 1. The average molecular weight is 135 g/mol. The highest BCUT2D eigenvalue weighted by Gasteiger charge is 2.18. The summed E-state index contributed by atoms with van der Waals surface area (Å²) in [6.07, 6.45) is 0. The van der Waals surface area contributed by atoms with Crippen LogP contribution in [0.25, 0.3) is 0 Å². The zero-order valence-electron chi connectivity index (χ0n) is 4.35. The van der Waals surface area contributed by atoms with Gasteiger partial charge >= 0.3 is 6.03 Å². The Kier molecular flexibility index (Phi) is 2.39. The van der Waals surface area contributed by atoms with Crippen molar-refractivity contribution in [3.05, 3.63) is 10.1 Å². The number of urea groups is 1. The van der Waals surface area contributed by atoms with Crippen LogP contribution in [0.4, 0.5) is 4.79 Å². The van der Waals surface area contributed by atoms with Crippen LogP contribution in [0, 0.1) is 10.1 Å². The molecule has 3 N–H and O–H groups in total. The summed E-state index contributed by atoms with van der Waals surface area (Å²) in [6.45, 7) is -1.01. The SMILES string of the molecule is NC(=O)N(CO)[N+](=O)[O-]. The molecule has 2 amide bonds. The third-order valence-electron chi connectivity index (χ3n) is 0.585. The zero-order chi connectivity index (χ0) is 7.44. The lowest BCUT2D eigenvalue weighted by Gasteiger charge is -2.02. The van der Waals surface area contributed by atoms with Crippen LogP contribution < -0.4 is 5.73 Å². The molecule has 0 aliphatic rings. The first-order chi connectivity index (χ1) is 4.09. The summed E-state index contributed by atoms with van der Waals surface area (Å²) in [5.41, 5.74) is 4.43. The van der Waals surface area contributed by atoms with Crippen LogP contribution in [0.1, 0.15) is 0 Å². The van der Waals surface area contributed by atoms with E-state index in [-0.39, 0.29) is 5.01 Å². The fourth-order valence-corrected chi connectivity index (χ4v) is 0.202. The van der Waals surface area contributed by atoms with Gasteiger partial charge in [0.05, 0.1) is 0 Å². The Bertz CT molecular complexity index is 120. The summed E-state index contributed by atoms with van der Waals surface area (Å²) >= 11 is 0. The van der Waals surface area contributed by atoms with E-state index in [1.165, 1.54) is 0 Å². The van der Waals surface area contributed by atoms with Crippen molar-refractivity contribution >= 4 is 6.03 Å². The van der Waals surface area contributed by atoms with Crippen molar-refractivity contribution in [1.82, 2.24) is 5.01 Å². The van der Waals surface area contributed by atoms with E-state index in [1.807, 2.05) is 0 Å². The summed E-state index contributed by atoms with van der Waals surface area (Å²) in [7, 11) is 0. The molecule has 0 bridgehead atoms. The molecule has 0 aliphatic heterocycles. The van der Waals surface area contributed by atoms with Gasteiger partial charge in [-0.15, -0.1) is 0 Å². The maximum atomic E-state index is 9.92. The molecule has 0 radical (unpaired) electrons. The summed E-state index contributed by atoms with van der Waals surface area (Å²) in [5.74, 6) is 0. The van der Waals surface area contributed by atoms with Gasteiger partial charge in [-0.3, -0.25) is 0 Å². The highest BCUT2D eigenvalue weighted by Crippen LogP contribution is 1.82. The number of rotatable bonds is 2. The molecule has 7 nitrogen and oxygen atoms in total. The molecular formula is C2H5N3O4. The number of nitrogens with two attached hydrogens (primary N) is 1. The van der Waals surface area contributed by atoms with Crippen LogP contribution in [0.15, 0.2) is 0 Å². The Morgan fingerprint density at radius 3 is 2.33 bits per heavy atom. The van der Waals surface area contributed by atoms with Gasteiger partial charge < -0.3 is 10.8 Å². The quantitative estimate of drug-likeness (QED) is 0.273. The van der Waals surface area contributed by atoms with E-state index in [2.05, 4.69) is 5.73 Å². The molecule has 0 aromatic heterocycles. The summed E-state index contributed by atoms with van der Waals surface area (Å²) < 4.78 is 0. The monoisotopic (exact) mass is 135 g/mol. The summed E-state index contributed by atoms with van der Waals surface area (Å²) in [5, 5.41) is 16.5. The maximum Gasteiger partial charge on any atom is 0.375 e. The largest absolute Gasteiger partial charge is 0.375 e. The van der Waals surface area contributed by atoms with Gasteiger partial charge in [-0.25, -0.2) is 14.9 Å². The molecule has 0 atom stereocenters. The summed E-state index contributed by atoms with van der Waals surface area (Å²) in [6, 6.07) is -1.29. The van der Waals surface area contributed by atoms with Gasteiger partial charge in [0, 0.05) is 0 Å². The third-order valence-corrected chi connectivity index (χ3v) is 0.585. The highest BCUT2D eigenvalue weighted by molar-refractivity contribution is 5.70. The molecule has 0 saturated heterocycles. The van der Waals surface area contributed by atoms with Crippen LogP contribution >= 0.6 is 0 Å². The van der Waals surface area contributed by atoms with Gasteiger partial charge in [0.25, 0.3) is 0 Å².